The fourth-order valence-corrected chi connectivity index (χ4v) is 7.65. The first-order valence-corrected chi connectivity index (χ1v) is 10.1. The lowest BCUT2D eigenvalue weighted by Gasteiger charge is -2.42. The van der Waals surface area contributed by atoms with E-state index in [0.717, 1.165) is 21.9 Å². The van der Waals surface area contributed by atoms with Crippen molar-refractivity contribution in [3.63, 3.8) is 0 Å². The second kappa shape index (κ2) is 5.61. The third-order valence-electron chi connectivity index (χ3n) is 3.86. The molecule has 20 heavy (non-hydrogen) atoms. The molecule has 2 aliphatic rings. The van der Waals surface area contributed by atoms with Crippen molar-refractivity contribution in [3.05, 3.63) is 15.8 Å². The molecule has 0 aromatic carbocycles. The Labute approximate surface area is 128 Å². The number of hydrogen-bond acceptors (Lipinski definition) is 5. The summed E-state index contributed by atoms with van der Waals surface area (Å²) in [7, 11) is -3.37. The van der Waals surface area contributed by atoms with Crippen LogP contribution in [0.4, 0.5) is 0 Å². The number of thiophene rings is 1. The monoisotopic (exact) mass is 333 g/mol. The fraction of sp³-hybridized carbons (Fsp3) is 0.692. The minimum Gasteiger partial charge on any atom is -0.380 e. The van der Waals surface area contributed by atoms with Gasteiger partial charge in [-0.1, -0.05) is 0 Å². The summed E-state index contributed by atoms with van der Waals surface area (Å²) >= 11 is 3.40. The van der Waals surface area contributed by atoms with Crippen molar-refractivity contribution in [1.29, 1.82) is 0 Å². The van der Waals surface area contributed by atoms with Crippen LogP contribution in [0.5, 0.6) is 0 Å². The Kier molecular flexibility index (Phi) is 4.16. The van der Waals surface area contributed by atoms with Gasteiger partial charge in [0.05, 0.1) is 11.5 Å². The highest BCUT2D eigenvalue weighted by Gasteiger charge is 2.41. The first-order valence-electron chi connectivity index (χ1n) is 6.78. The van der Waals surface area contributed by atoms with Crippen LogP contribution >= 0.6 is 23.1 Å². The van der Waals surface area contributed by atoms with Crippen LogP contribution in [0.15, 0.2) is 11.0 Å². The Morgan fingerprint density at radius 2 is 2.20 bits per heavy atom. The van der Waals surface area contributed by atoms with Crippen LogP contribution in [0.1, 0.15) is 16.2 Å². The molecule has 0 unspecified atom stereocenters. The summed E-state index contributed by atoms with van der Waals surface area (Å²) in [6.07, 6.45) is 0.805. The van der Waals surface area contributed by atoms with Gasteiger partial charge in [-0.3, -0.25) is 0 Å². The van der Waals surface area contributed by atoms with Gasteiger partial charge in [0.15, 0.2) is 0 Å². The van der Waals surface area contributed by atoms with E-state index in [9.17, 15) is 8.42 Å². The smallest absolute Gasteiger partial charge is 0.244 e. The number of aryl methyl sites for hydroxylation is 2. The molecule has 0 amide bonds. The van der Waals surface area contributed by atoms with Gasteiger partial charge in [-0.05, 0) is 26.3 Å². The molecular formula is C13H19NO3S3. The molecule has 1 aromatic rings. The highest BCUT2D eigenvalue weighted by atomic mass is 32.2. The van der Waals surface area contributed by atoms with Crippen molar-refractivity contribution in [2.75, 3.05) is 25.5 Å². The number of sulfonamides is 1. The number of rotatable bonds is 2. The molecule has 0 radical (unpaired) electrons. The van der Waals surface area contributed by atoms with E-state index >= 15 is 0 Å². The second-order valence-electron chi connectivity index (χ2n) is 5.23. The Morgan fingerprint density at radius 1 is 1.40 bits per heavy atom. The van der Waals surface area contributed by atoms with Crippen molar-refractivity contribution in [2.45, 2.75) is 36.5 Å². The Hall–Kier alpha value is -0.0800. The molecule has 2 aliphatic heterocycles. The number of thioether (sulfide) groups is 1. The van der Waals surface area contributed by atoms with E-state index in [1.165, 1.54) is 0 Å². The van der Waals surface area contributed by atoms with Gasteiger partial charge in [-0.25, -0.2) is 8.42 Å². The van der Waals surface area contributed by atoms with Crippen LogP contribution in [-0.2, 0) is 14.8 Å². The normalized spacial score (nSPS) is 28.3. The van der Waals surface area contributed by atoms with E-state index in [-0.39, 0.29) is 11.3 Å². The third-order valence-corrected chi connectivity index (χ3v) is 8.31. The zero-order valence-corrected chi connectivity index (χ0v) is 14.1. The molecule has 4 nitrogen and oxygen atoms in total. The molecule has 3 heterocycles. The maximum Gasteiger partial charge on any atom is 0.244 e. The first-order chi connectivity index (χ1) is 9.50. The number of hydrogen-bond donors (Lipinski definition) is 0. The molecule has 0 spiro atoms. The van der Waals surface area contributed by atoms with Crippen molar-refractivity contribution >= 4 is 33.1 Å². The summed E-state index contributed by atoms with van der Waals surface area (Å²) in [4.78, 5) is 2.44. The third kappa shape index (κ3) is 2.54. The molecule has 2 saturated heterocycles. The van der Waals surface area contributed by atoms with Gasteiger partial charge in [0.25, 0.3) is 0 Å². The number of ether oxygens (including phenoxy) is 1. The molecule has 0 bridgehead atoms. The molecule has 0 aliphatic carbocycles. The number of fused-ring (bicyclic) bond motifs is 1. The van der Waals surface area contributed by atoms with Crippen molar-refractivity contribution in [2.24, 2.45) is 0 Å². The van der Waals surface area contributed by atoms with Gasteiger partial charge in [-0.15, -0.1) is 11.3 Å². The molecular weight excluding hydrogens is 314 g/mol. The molecule has 7 heteroatoms. The van der Waals surface area contributed by atoms with Gasteiger partial charge in [0, 0.05) is 40.0 Å². The van der Waals surface area contributed by atoms with E-state index < -0.39 is 10.0 Å². The summed E-state index contributed by atoms with van der Waals surface area (Å²) in [5.74, 6) is 0.853. The summed E-state index contributed by atoms with van der Waals surface area (Å²) in [5.41, 5.74) is 0. The van der Waals surface area contributed by atoms with E-state index in [0.29, 0.717) is 24.7 Å². The van der Waals surface area contributed by atoms with Gasteiger partial charge in [0.1, 0.15) is 0 Å². The van der Waals surface area contributed by atoms with Gasteiger partial charge < -0.3 is 4.74 Å². The maximum atomic E-state index is 13.0. The van der Waals surface area contributed by atoms with E-state index in [1.807, 2.05) is 31.7 Å². The average molecular weight is 334 g/mol. The Bertz CT molecular complexity index is 594. The van der Waals surface area contributed by atoms with E-state index in [1.54, 1.807) is 15.6 Å². The van der Waals surface area contributed by atoms with Crippen LogP contribution in [0.2, 0.25) is 0 Å². The molecule has 112 valence electrons. The highest BCUT2D eigenvalue weighted by molar-refractivity contribution is 8.00. The highest BCUT2D eigenvalue weighted by Crippen LogP contribution is 2.36. The van der Waals surface area contributed by atoms with Crippen LogP contribution in [0, 0.1) is 13.8 Å². The molecule has 1 aromatic heterocycles. The van der Waals surface area contributed by atoms with E-state index in [4.69, 9.17) is 4.74 Å². The summed E-state index contributed by atoms with van der Waals surface area (Å²) in [5, 5.41) is 0.285. The lowest BCUT2D eigenvalue weighted by atomic mass is 10.1. The zero-order chi connectivity index (χ0) is 14.3. The summed E-state index contributed by atoms with van der Waals surface area (Å²) < 4.78 is 33.1. The van der Waals surface area contributed by atoms with Crippen molar-refractivity contribution < 1.29 is 13.2 Å². The topological polar surface area (TPSA) is 46.6 Å². The number of nitrogens with zero attached hydrogens (tertiary/aromatic N) is 1. The Morgan fingerprint density at radius 3 is 2.90 bits per heavy atom. The molecule has 2 fully saturated rings. The predicted molar refractivity (Wildman–Crippen MR) is 83.2 cm³/mol. The fourth-order valence-electron chi connectivity index (χ4n) is 2.94. The second-order valence-corrected chi connectivity index (χ2v) is 9.90. The van der Waals surface area contributed by atoms with Crippen molar-refractivity contribution in [1.82, 2.24) is 4.31 Å². The lowest BCUT2D eigenvalue weighted by molar-refractivity contribution is 0.0625. The molecule has 2 atom stereocenters. The van der Waals surface area contributed by atoms with Crippen LogP contribution < -0.4 is 0 Å². The molecule has 0 N–H and O–H groups in total. The maximum absolute atomic E-state index is 13.0. The summed E-state index contributed by atoms with van der Waals surface area (Å²) in [6.45, 7) is 5.80. The summed E-state index contributed by atoms with van der Waals surface area (Å²) in [6, 6.07) is 1.90. The lowest BCUT2D eigenvalue weighted by Crippen LogP contribution is -2.54. The van der Waals surface area contributed by atoms with E-state index in [2.05, 4.69) is 0 Å². The predicted octanol–water partition coefficient (Wildman–Crippen LogP) is 2.26. The quantitative estimate of drug-likeness (QED) is 0.833. The molecule has 3 rings (SSSR count). The van der Waals surface area contributed by atoms with Crippen LogP contribution in [0.3, 0.4) is 0 Å². The minimum absolute atomic E-state index is 0.0899. The Balaban J connectivity index is 1.95. The minimum atomic E-state index is -3.37. The van der Waals surface area contributed by atoms with Gasteiger partial charge >= 0.3 is 0 Å². The standard InChI is InChI=1S/C13H19NO3S3/c1-9-7-13(10(2)19-9)20(15,16)14-4-6-18-12-8-17-5-3-11(12)14/h7,11-12H,3-6,8H2,1-2H3/t11-,12+/m0/s1. The zero-order valence-electron chi connectivity index (χ0n) is 11.7. The van der Waals surface area contributed by atoms with Crippen LogP contribution in [-0.4, -0.2) is 49.5 Å². The van der Waals surface area contributed by atoms with Crippen molar-refractivity contribution in [3.8, 4) is 0 Å². The first kappa shape index (κ1) is 14.8. The SMILES string of the molecule is Cc1cc(S(=O)(=O)N2CCS[C@@H]3COCC[C@@H]32)c(C)s1. The van der Waals surface area contributed by atoms with Gasteiger partial charge in [0.2, 0.25) is 10.0 Å². The molecule has 0 saturated carbocycles. The van der Waals surface area contributed by atoms with Crippen LogP contribution in [0.25, 0.3) is 0 Å². The average Bonchev–Trinajstić information content (AvgIpc) is 2.78. The van der Waals surface area contributed by atoms with Gasteiger partial charge in [-0.2, -0.15) is 16.1 Å². The largest absolute Gasteiger partial charge is 0.380 e.